The van der Waals surface area contributed by atoms with E-state index in [2.05, 4.69) is 5.32 Å². The van der Waals surface area contributed by atoms with Gasteiger partial charge in [0.15, 0.2) is 0 Å². The molecule has 3 aromatic rings. The van der Waals surface area contributed by atoms with Crippen LogP contribution in [0.25, 0.3) is 0 Å². The van der Waals surface area contributed by atoms with Crippen LogP contribution >= 0.6 is 0 Å². The third-order valence-electron chi connectivity index (χ3n) is 7.09. The van der Waals surface area contributed by atoms with Crippen molar-refractivity contribution in [1.29, 1.82) is 0 Å². The van der Waals surface area contributed by atoms with E-state index in [0.717, 1.165) is 42.5 Å². The van der Waals surface area contributed by atoms with Gasteiger partial charge < -0.3 is 15.3 Å². The number of carbonyl (C=O) groups is 2. The summed E-state index contributed by atoms with van der Waals surface area (Å²) in [5, 5.41) is 13.6. The van der Waals surface area contributed by atoms with Gasteiger partial charge in [0.05, 0.1) is 17.6 Å². The van der Waals surface area contributed by atoms with Gasteiger partial charge in [-0.2, -0.15) is 0 Å². The summed E-state index contributed by atoms with van der Waals surface area (Å²) in [6.45, 7) is 0.122. The van der Waals surface area contributed by atoms with E-state index in [9.17, 15) is 14.7 Å². The molecule has 1 spiro atoms. The number of rotatable bonds is 5. The lowest BCUT2D eigenvalue weighted by Crippen LogP contribution is -2.61. The van der Waals surface area contributed by atoms with Crippen LogP contribution in [-0.2, 0) is 4.79 Å². The summed E-state index contributed by atoms with van der Waals surface area (Å²) in [4.78, 5) is 29.4. The molecule has 168 valence electrons. The summed E-state index contributed by atoms with van der Waals surface area (Å²) < 4.78 is 0. The number of amides is 2. The minimum absolute atomic E-state index is 0.0490. The van der Waals surface area contributed by atoms with Crippen molar-refractivity contribution in [2.45, 2.75) is 43.2 Å². The van der Waals surface area contributed by atoms with Gasteiger partial charge in [0.25, 0.3) is 5.91 Å². The second kappa shape index (κ2) is 8.83. The van der Waals surface area contributed by atoms with E-state index in [0.29, 0.717) is 5.56 Å². The summed E-state index contributed by atoms with van der Waals surface area (Å²) in [5.41, 5.74) is 2.32. The van der Waals surface area contributed by atoms with Crippen LogP contribution in [0.1, 0.15) is 59.2 Å². The summed E-state index contributed by atoms with van der Waals surface area (Å²) in [6, 6.07) is 26.5. The molecule has 2 amide bonds. The van der Waals surface area contributed by atoms with Gasteiger partial charge in [-0.25, -0.2) is 0 Å². The van der Waals surface area contributed by atoms with Crippen molar-refractivity contribution >= 4 is 17.5 Å². The zero-order valence-corrected chi connectivity index (χ0v) is 18.5. The van der Waals surface area contributed by atoms with Gasteiger partial charge in [-0.1, -0.05) is 79.6 Å². The maximum Gasteiger partial charge on any atom is 0.259 e. The maximum absolute atomic E-state index is 13.8. The Morgan fingerprint density at radius 2 is 1.55 bits per heavy atom. The number of fused-ring (bicyclic) bond motifs is 1. The van der Waals surface area contributed by atoms with Gasteiger partial charge in [0.1, 0.15) is 0 Å². The molecular weight excluding hydrogens is 412 g/mol. The normalized spacial score (nSPS) is 19.8. The highest BCUT2D eigenvalue weighted by Crippen LogP contribution is 2.51. The molecule has 5 heteroatoms. The predicted octanol–water partition coefficient (Wildman–Crippen LogP) is 4.59. The van der Waals surface area contributed by atoms with E-state index in [-0.39, 0.29) is 18.4 Å². The smallest absolute Gasteiger partial charge is 0.259 e. The Bertz CT molecular complexity index is 1140. The first kappa shape index (κ1) is 21.4. The fraction of sp³-hybridized carbons (Fsp3) is 0.286. The number of hydrogen-bond donors (Lipinski definition) is 2. The van der Waals surface area contributed by atoms with Crippen molar-refractivity contribution in [3.63, 3.8) is 0 Å². The average molecular weight is 441 g/mol. The van der Waals surface area contributed by atoms with Gasteiger partial charge >= 0.3 is 0 Å². The van der Waals surface area contributed by atoms with Crippen LogP contribution in [0, 0.1) is 0 Å². The summed E-state index contributed by atoms with van der Waals surface area (Å²) in [6.07, 6.45) is 2.67. The van der Waals surface area contributed by atoms with Crippen LogP contribution < -0.4 is 10.2 Å². The number of para-hydroxylation sites is 1. The number of hydrogen-bond acceptors (Lipinski definition) is 3. The van der Waals surface area contributed by atoms with Crippen molar-refractivity contribution in [3.05, 3.63) is 102 Å². The lowest BCUT2D eigenvalue weighted by atomic mass is 9.70. The van der Waals surface area contributed by atoms with E-state index in [4.69, 9.17) is 0 Å². The molecule has 0 saturated heterocycles. The number of aliphatic hydroxyl groups excluding tert-OH is 1. The number of anilines is 1. The maximum atomic E-state index is 13.8. The van der Waals surface area contributed by atoms with Gasteiger partial charge in [0, 0.05) is 17.8 Å². The molecule has 1 saturated carbocycles. The fourth-order valence-corrected chi connectivity index (χ4v) is 5.61. The summed E-state index contributed by atoms with van der Waals surface area (Å²) >= 11 is 0. The molecule has 2 N–H and O–H groups in total. The number of carbonyl (C=O) groups excluding carboxylic acids is 2. The van der Waals surface area contributed by atoms with Crippen molar-refractivity contribution < 1.29 is 14.7 Å². The first-order chi connectivity index (χ1) is 16.1. The molecule has 2 atom stereocenters. The number of nitrogens with one attached hydrogen (secondary N) is 1. The van der Waals surface area contributed by atoms with E-state index in [1.165, 1.54) is 0 Å². The molecular formula is C28H28N2O3. The molecule has 3 aromatic carbocycles. The predicted molar refractivity (Wildman–Crippen MR) is 128 cm³/mol. The Morgan fingerprint density at radius 1 is 0.939 bits per heavy atom. The SMILES string of the molecule is O=C(NC[C@@H](O)c1ccccc1)[C@H]1c2ccccc2C(=O)N(c2ccccc2)C12CCCC2. The molecule has 1 fully saturated rings. The van der Waals surface area contributed by atoms with Gasteiger partial charge in [-0.05, 0) is 42.2 Å². The average Bonchev–Trinajstić information content (AvgIpc) is 3.33. The van der Waals surface area contributed by atoms with Crippen LogP contribution in [0.2, 0.25) is 0 Å². The summed E-state index contributed by atoms with van der Waals surface area (Å²) in [7, 11) is 0. The van der Waals surface area contributed by atoms with E-state index in [1.54, 1.807) is 0 Å². The summed E-state index contributed by atoms with van der Waals surface area (Å²) in [5.74, 6) is -0.697. The van der Waals surface area contributed by atoms with Gasteiger partial charge in [-0.15, -0.1) is 0 Å². The Balaban J connectivity index is 1.53. The molecule has 5 rings (SSSR count). The third-order valence-corrected chi connectivity index (χ3v) is 7.09. The van der Waals surface area contributed by atoms with Crippen LogP contribution in [0.15, 0.2) is 84.9 Å². The highest BCUT2D eigenvalue weighted by atomic mass is 16.3. The highest BCUT2D eigenvalue weighted by Gasteiger charge is 2.56. The quantitative estimate of drug-likeness (QED) is 0.610. The second-order valence-electron chi connectivity index (χ2n) is 8.98. The minimum Gasteiger partial charge on any atom is -0.387 e. The number of nitrogens with zero attached hydrogens (tertiary/aromatic N) is 1. The topological polar surface area (TPSA) is 69.6 Å². The van der Waals surface area contributed by atoms with E-state index in [1.807, 2.05) is 89.8 Å². The van der Waals surface area contributed by atoms with Crippen LogP contribution in [0.4, 0.5) is 5.69 Å². The third kappa shape index (κ3) is 3.72. The standard InChI is InChI=1S/C28H28N2O3/c31-24(20-11-3-1-4-12-20)19-29-26(32)25-22-15-7-8-16-23(22)27(33)30(21-13-5-2-6-14-21)28(25)17-9-10-18-28/h1-8,11-16,24-25,31H,9-10,17-19H2,(H,29,32)/t24-,25-/m1/s1. The molecule has 1 aliphatic carbocycles. The zero-order chi connectivity index (χ0) is 22.8. The van der Waals surface area contributed by atoms with Crippen LogP contribution in [0.3, 0.4) is 0 Å². The first-order valence-corrected chi connectivity index (χ1v) is 11.6. The fourth-order valence-electron chi connectivity index (χ4n) is 5.61. The minimum atomic E-state index is -0.791. The Hall–Kier alpha value is -3.44. The molecule has 1 aliphatic heterocycles. The number of aliphatic hydroxyl groups is 1. The Labute approximate surface area is 194 Å². The molecule has 2 aliphatic rings. The van der Waals surface area contributed by atoms with Crippen LogP contribution in [0.5, 0.6) is 0 Å². The van der Waals surface area contributed by atoms with E-state index < -0.39 is 17.6 Å². The van der Waals surface area contributed by atoms with Crippen molar-refractivity contribution in [2.75, 3.05) is 11.4 Å². The van der Waals surface area contributed by atoms with Crippen LogP contribution in [-0.4, -0.2) is 29.0 Å². The van der Waals surface area contributed by atoms with Crippen molar-refractivity contribution in [1.82, 2.24) is 5.32 Å². The Morgan fingerprint density at radius 3 is 2.24 bits per heavy atom. The molecule has 0 aromatic heterocycles. The molecule has 5 nitrogen and oxygen atoms in total. The lowest BCUT2D eigenvalue weighted by Gasteiger charge is -2.50. The lowest BCUT2D eigenvalue weighted by molar-refractivity contribution is -0.124. The molecule has 0 bridgehead atoms. The molecule has 1 heterocycles. The first-order valence-electron chi connectivity index (χ1n) is 11.6. The highest BCUT2D eigenvalue weighted by molar-refractivity contribution is 6.12. The monoisotopic (exact) mass is 440 g/mol. The van der Waals surface area contributed by atoms with Gasteiger partial charge in [0.2, 0.25) is 5.91 Å². The number of benzene rings is 3. The van der Waals surface area contributed by atoms with Gasteiger partial charge in [-0.3, -0.25) is 9.59 Å². The zero-order valence-electron chi connectivity index (χ0n) is 18.5. The Kier molecular flexibility index (Phi) is 5.73. The van der Waals surface area contributed by atoms with Crippen molar-refractivity contribution in [3.8, 4) is 0 Å². The molecule has 33 heavy (non-hydrogen) atoms. The molecule has 0 radical (unpaired) electrons. The van der Waals surface area contributed by atoms with Crippen molar-refractivity contribution in [2.24, 2.45) is 0 Å². The van der Waals surface area contributed by atoms with E-state index >= 15 is 0 Å². The largest absolute Gasteiger partial charge is 0.387 e. The second-order valence-corrected chi connectivity index (χ2v) is 8.98. The molecule has 0 unspecified atom stereocenters.